The van der Waals surface area contributed by atoms with Crippen molar-refractivity contribution in [2.24, 2.45) is 0 Å². The zero-order valence-electron chi connectivity index (χ0n) is 25.2. The fourth-order valence-corrected chi connectivity index (χ4v) is 7.94. The Bertz CT molecular complexity index is 2320. The van der Waals surface area contributed by atoms with Gasteiger partial charge in [0, 0.05) is 0 Å². The van der Waals surface area contributed by atoms with E-state index in [1.807, 2.05) is 0 Å². The van der Waals surface area contributed by atoms with Crippen LogP contribution < -0.4 is 0 Å². The van der Waals surface area contributed by atoms with Gasteiger partial charge in [-0.3, -0.25) is 0 Å². The first kappa shape index (κ1) is 25.4. The molecule has 0 aliphatic heterocycles. The van der Waals surface area contributed by atoms with E-state index < -0.39 is 0 Å². The topological polar surface area (TPSA) is 0 Å². The molecule has 10 rings (SSSR count). The van der Waals surface area contributed by atoms with E-state index in [2.05, 4.69) is 170 Å². The van der Waals surface area contributed by atoms with E-state index in [-0.39, 0.29) is 0 Å². The van der Waals surface area contributed by atoms with Crippen LogP contribution >= 0.6 is 0 Å². The lowest BCUT2D eigenvalue weighted by molar-refractivity contribution is 1.58. The number of hydrogen-bond donors (Lipinski definition) is 0. The number of benzene rings is 8. The Labute approximate surface area is 268 Å². The van der Waals surface area contributed by atoms with Gasteiger partial charge in [0.1, 0.15) is 0 Å². The third-order valence-electron chi connectivity index (χ3n) is 10.0. The minimum Gasteiger partial charge on any atom is -0.0622 e. The van der Waals surface area contributed by atoms with Gasteiger partial charge in [0.15, 0.2) is 0 Å². The van der Waals surface area contributed by atoms with E-state index in [1.165, 1.54) is 99.8 Å². The second kappa shape index (κ2) is 9.76. The van der Waals surface area contributed by atoms with Gasteiger partial charge >= 0.3 is 0 Å². The Morgan fingerprint density at radius 3 is 0.870 bits per heavy atom. The highest BCUT2D eigenvalue weighted by Gasteiger charge is 2.30. The molecule has 8 aromatic rings. The van der Waals surface area contributed by atoms with Crippen molar-refractivity contribution >= 4 is 10.8 Å². The molecule has 2 aliphatic carbocycles. The van der Waals surface area contributed by atoms with E-state index in [4.69, 9.17) is 0 Å². The monoisotopic (exact) mass is 580 g/mol. The lowest BCUT2D eigenvalue weighted by Crippen LogP contribution is -1.87. The molecule has 0 aromatic heterocycles. The largest absolute Gasteiger partial charge is 0.0622 e. The quantitative estimate of drug-likeness (QED) is 0.194. The van der Waals surface area contributed by atoms with Gasteiger partial charge in [-0.05, 0) is 112 Å². The molecule has 0 atom stereocenters. The SMILES string of the molecule is c1ccc(-c2ccccc2-c2ccc3c(c2)-c2ccc4c5c(ccc-3c25)-c2cc(-c3ccccc3-c3ccccc3)ccc2-4)cc1. The predicted octanol–water partition coefficient (Wildman–Crippen LogP) is 12.8. The van der Waals surface area contributed by atoms with Gasteiger partial charge in [0.05, 0.1) is 0 Å². The molecule has 212 valence electrons. The summed E-state index contributed by atoms with van der Waals surface area (Å²) in [5.41, 5.74) is 20.7. The highest BCUT2D eigenvalue weighted by Crippen LogP contribution is 2.57. The van der Waals surface area contributed by atoms with Crippen molar-refractivity contribution in [2.75, 3.05) is 0 Å². The molecule has 0 radical (unpaired) electrons. The Kier molecular flexibility index (Phi) is 5.38. The van der Waals surface area contributed by atoms with Crippen molar-refractivity contribution < 1.29 is 0 Å². The second-order valence-electron chi connectivity index (χ2n) is 12.4. The maximum Gasteiger partial charge on any atom is -0.00139 e. The smallest absolute Gasteiger partial charge is 0.00139 e. The zero-order chi connectivity index (χ0) is 30.2. The van der Waals surface area contributed by atoms with Crippen LogP contribution in [0.3, 0.4) is 0 Å². The summed E-state index contributed by atoms with van der Waals surface area (Å²) in [5.74, 6) is 0. The van der Waals surface area contributed by atoms with E-state index in [0.717, 1.165) is 0 Å². The van der Waals surface area contributed by atoms with Gasteiger partial charge in [-0.25, -0.2) is 0 Å². The molecule has 0 fully saturated rings. The van der Waals surface area contributed by atoms with Gasteiger partial charge in [0.25, 0.3) is 0 Å². The van der Waals surface area contributed by atoms with Crippen LogP contribution in [0.1, 0.15) is 0 Å². The Balaban J connectivity index is 1.12. The van der Waals surface area contributed by atoms with E-state index in [0.29, 0.717) is 0 Å². The van der Waals surface area contributed by atoms with Crippen LogP contribution in [0.4, 0.5) is 0 Å². The van der Waals surface area contributed by atoms with Gasteiger partial charge in [-0.2, -0.15) is 0 Å². The van der Waals surface area contributed by atoms with Crippen LogP contribution in [0.5, 0.6) is 0 Å². The summed E-state index contributed by atoms with van der Waals surface area (Å²) in [5, 5.41) is 2.78. The first-order valence-electron chi connectivity index (χ1n) is 16.0. The highest BCUT2D eigenvalue weighted by atomic mass is 14.3. The zero-order valence-corrected chi connectivity index (χ0v) is 25.2. The average Bonchev–Trinajstić information content (AvgIpc) is 3.63. The van der Waals surface area contributed by atoms with Crippen molar-refractivity contribution in [3.63, 3.8) is 0 Å². The van der Waals surface area contributed by atoms with Crippen LogP contribution in [0.2, 0.25) is 0 Å². The molecule has 0 spiro atoms. The summed E-state index contributed by atoms with van der Waals surface area (Å²) in [6.45, 7) is 0. The van der Waals surface area contributed by atoms with Crippen LogP contribution in [0.15, 0.2) is 170 Å². The molecule has 0 nitrogen and oxygen atoms in total. The van der Waals surface area contributed by atoms with Gasteiger partial charge in [0.2, 0.25) is 0 Å². The Morgan fingerprint density at radius 2 is 0.478 bits per heavy atom. The molecule has 0 heteroatoms. The first-order valence-corrected chi connectivity index (χ1v) is 16.0. The summed E-state index contributed by atoms with van der Waals surface area (Å²) >= 11 is 0. The van der Waals surface area contributed by atoms with Crippen molar-refractivity contribution in [1.29, 1.82) is 0 Å². The normalized spacial score (nSPS) is 11.9. The molecule has 0 saturated carbocycles. The van der Waals surface area contributed by atoms with Crippen molar-refractivity contribution in [3.8, 4) is 89.0 Å². The van der Waals surface area contributed by atoms with Gasteiger partial charge in [-0.15, -0.1) is 0 Å². The van der Waals surface area contributed by atoms with Crippen molar-refractivity contribution in [1.82, 2.24) is 0 Å². The summed E-state index contributed by atoms with van der Waals surface area (Å²) in [4.78, 5) is 0. The molecule has 8 aromatic carbocycles. The van der Waals surface area contributed by atoms with Crippen molar-refractivity contribution in [3.05, 3.63) is 170 Å². The fraction of sp³-hybridized carbons (Fsp3) is 0. The molecule has 2 aliphatic rings. The molecule has 0 unspecified atom stereocenters. The molecule has 0 saturated heterocycles. The summed E-state index contributed by atoms with van der Waals surface area (Å²) in [6, 6.07) is 62.5. The summed E-state index contributed by atoms with van der Waals surface area (Å²) in [6.07, 6.45) is 0. The van der Waals surface area contributed by atoms with Gasteiger partial charge in [-0.1, -0.05) is 158 Å². The van der Waals surface area contributed by atoms with E-state index in [1.54, 1.807) is 0 Å². The van der Waals surface area contributed by atoms with E-state index >= 15 is 0 Å². The van der Waals surface area contributed by atoms with Crippen molar-refractivity contribution in [2.45, 2.75) is 0 Å². The number of rotatable bonds is 4. The van der Waals surface area contributed by atoms with E-state index in [9.17, 15) is 0 Å². The van der Waals surface area contributed by atoms with Gasteiger partial charge < -0.3 is 0 Å². The third kappa shape index (κ3) is 3.62. The third-order valence-corrected chi connectivity index (χ3v) is 10.0. The fourth-order valence-electron chi connectivity index (χ4n) is 7.94. The number of hydrogen-bond acceptors (Lipinski definition) is 0. The minimum absolute atomic E-state index is 1.24. The van der Waals surface area contributed by atoms with Crippen LogP contribution in [0, 0.1) is 0 Å². The average molecular weight is 581 g/mol. The molecule has 0 amide bonds. The molecule has 46 heavy (non-hydrogen) atoms. The predicted molar refractivity (Wildman–Crippen MR) is 195 cm³/mol. The van der Waals surface area contributed by atoms with Crippen LogP contribution in [-0.2, 0) is 0 Å². The minimum atomic E-state index is 1.24. The molecule has 0 bridgehead atoms. The molecule has 0 N–H and O–H groups in total. The second-order valence-corrected chi connectivity index (χ2v) is 12.4. The van der Waals surface area contributed by atoms with Crippen LogP contribution in [-0.4, -0.2) is 0 Å². The number of fused-ring (bicyclic) bond motifs is 6. The molecular weight excluding hydrogens is 553 g/mol. The summed E-state index contributed by atoms with van der Waals surface area (Å²) in [7, 11) is 0. The highest BCUT2D eigenvalue weighted by molar-refractivity contribution is 6.26. The Hall–Kier alpha value is -5.98. The first-order chi connectivity index (χ1) is 22.8. The lowest BCUT2D eigenvalue weighted by Gasteiger charge is -2.13. The maximum atomic E-state index is 2.41. The van der Waals surface area contributed by atoms with Crippen LogP contribution in [0.25, 0.3) is 99.8 Å². The standard InChI is InChI=1S/C46H28/c1-3-11-29(12-4-1)33-15-7-9-17-35(33)31-19-21-37-39-24-26-42-44-28-32(36-18-10-8-16-34(36)30-13-5-2-6-14-30)20-22-38(44)40-23-25-41(43(37)27-31)45(39)46(40)42/h1-28H. The lowest BCUT2D eigenvalue weighted by atomic mass is 9.91. The molecular formula is C46H28. The molecule has 0 heterocycles. The summed E-state index contributed by atoms with van der Waals surface area (Å²) < 4.78 is 0. The maximum absolute atomic E-state index is 2.41. The Morgan fingerprint density at radius 1 is 0.174 bits per heavy atom.